The van der Waals surface area contributed by atoms with Gasteiger partial charge in [0.1, 0.15) is 0 Å². The molecule has 2 N–H and O–H groups in total. The van der Waals surface area contributed by atoms with E-state index in [4.69, 9.17) is 0 Å². The molecule has 0 fully saturated rings. The number of rotatable bonds is 3. The van der Waals surface area contributed by atoms with Gasteiger partial charge in [-0.2, -0.15) is 0 Å². The molecule has 0 atom stereocenters. The predicted molar refractivity (Wildman–Crippen MR) is 42.9 cm³/mol. The fourth-order valence-electron chi connectivity index (χ4n) is 0.376. The van der Waals surface area contributed by atoms with Crippen LogP contribution >= 0.6 is 0 Å². The van der Waals surface area contributed by atoms with E-state index in [1.54, 1.807) is 13.1 Å². The normalized spacial score (nSPS) is 10.7. The lowest BCUT2D eigenvalue weighted by Crippen LogP contribution is -2.41. The van der Waals surface area contributed by atoms with Gasteiger partial charge in [0, 0.05) is 6.17 Å². The van der Waals surface area contributed by atoms with Crippen LogP contribution in [0.4, 0.5) is 0 Å². The summed E-state index contributed by atoms with van der Waals surface area (Å²) in [6, 6.07) is 0. The Labute approximate surface area is 61.9 Å². The summed E-state index contributed by atoms with van der Waals surface area (Å²) in [5.41, 5.74) is 0. The third-order valence-electron chi connectivity index (χ3n) is 0.881. The zero-order chi connectivity index (χ0) is 8.20. The molecule has 3 nitrogen and oxygen atoms in total. The zero-order valence-corrected chi connectivity index (χ0v) is 7.35. The smallest absolute Gasteiger partial charge is 0.243 e. The molecule has 58 valence electrons. The van der Waals surface area contributed by atoms with Gasteiger partial charge in [-0.25, -0.2) is 0 Å². The summed E-state index contributed by atoms with van der Waals surface area (Å²) >= 11 is 0. The largest absolute Gasteiger partial charge is 0.431 e. The SMILES string of the molecule is C=CC(=O)NC[Si](C)(C)O. The molecule has 1 amide bonds. The number of hydrogen-bond donors (Lipinski definition) is 2. The summed E-state index contributed by atoms with van der Waals surface area (Å²) in [5.74, 6) is -0.227. The van der Waals surface area contributed by atoms with Gasteiger partial charge in [-0.05, 0) is 19.2 Å². The molecular weight excluding hydrogens is 146 g/mol. The number of carbonyl (C=O) groups excluding carboxylic acids is 1. The molecule has 0 saturated carbocycles. The van der Waals surface area contributed by atoms with Crippen molar-refractivity contribution >= 4 is 14.2 Å². The summed E-state index contributed by atoms with van der Waals surface area (Å²) in [7, 11) is -2.12. The molecule has 0 aliphatic heterocycles. The Morgan fingerprint density at radius 3 is 2.60 bits per heavy atom. The van der Waals surface area contributed by atoms with Gasteiger partial charge in [0.2, 0.25) is 14.2 Å². The highest BCUT2D eigenvalue weighted by Gasteiger charge is 2.16. The topological polar surface area (TPSA) is 49.3 Å². The average Bonchev–Trinajstić information content (AvgIpc) is 1.81. The number of carbonyl (C=O) groups is 1. The van der Waals surface area contributed by atoms with Crippen molar-refractivity contribution in [3.63, 3.8) is 0 Å². The van der Waals surface area contributed by atoms with Crippen molar-refractivity contribution in [2.45, 2.75) is 13.1 Å². The number of nitrogens with one attached hydrogen (secondary N) is 1. The van der Waals surface area contributed by atoms with Gasteiger partial charge in [0.25, 0.3) is 0 Å². The maximum Gasteiger partial charge on any atom is 0.243 e. The first-order valence-electron chi connectivity index (χ1n) is 3.08. The molecule has 0 aromatic rings. The Kier molecular flexibility index (Phi) is 3.31. The van der Waals surface area contributed by atoms with Crippen LogP contribution in [0.5, 0.6) is 0 Å². The van der Waals surface area contributed by atoms with Gasteiger partial charge >= 0.3 is 0 Å². The van der Waals surface area contributed by atoms with Crippen molar-refractivity contribution in [2.75, 3.05) is 6.17 Å². The lowest BCUT2D eigenvalue weighted by molar-refractivity contribution is -0.116. The lowest BCUT2D eigenvalue weighted by atomic mass is 10.6. The van der Waals surface area contributed by atoms with Gasteiger partial charge in [-0.1, -0.05) is 6.58 Å². The van der Waals surface area contributed by atoms with E-state index >= 15 is 0 Å². The van der Waals surface area contributed by atoms with Crippen LogP contribution in [0.3, 0.4) is 0 Å². The predicted octanol–water partition coefficient (Wildman–Crippen LogP) is 0.0252. The van der Waals surface area contributed by atoms with E-state index in [2.05, 4.69) is 11.9 Å². The second kappa shape index (κ2) is 3.53. The fraction of sp³-hybridized carbons (Fsp3) is 0.500. The Hall–Kier alpha value is -0.613. The Balaban J connectivity index is 3.55. The third kappa shape index (κ3) is 5.52. The van der Waals surface area contributed by atoms with Crippen LogP contribution in [0.25, 0.3) is 0 Å². The molecule has 0 heterocycles. The van der Waals surface area contributed by atoms with E-state index in [1.165, 1.54) is 6.08 Å². The van der Waals surface area contributed by atoms with E-state index in [0.717, 1.165) is 0 Å². The average molecular weight is 159 g/mol. The lowest BCUT2D eigenvalue weighted by Gasteiger charge is -2.13. The van der Waals surface area contributed by atoms with Gasteiger partial charge in [-0.3, -0.25) is 4.79 Å². The van der Waals surface area contributed by atoms with Crippen molar-refractivity contribution in [3.05, 3.63) is 12.7 Å². The van der Waals surface area contributed by atoms with E-state index < -0.39 is 8.32 Å². The Bertz CT molecular complexity index is 139. The van der Waals surface area contributed by atoms with Crippen molar-refractivity contribution in [1.29, 1.82) is 0 Å². The van der Waals surface area contributed by atoms with Crippen molar-refractivity contribution in [2.24, 2.45) is 0 Å². The second-order valence-corrected chi connectivity index (χ2v) is 6.71. The van der Waals surface area contributed by atoms with Crippen molar-refractivity contribution in [3.8, 4) is 0 Å². The fourth-order valence-corrected chi connectivity index (χ4v) is 0.982. The summed E-state index contributed by atoms with van der Waals surface area (Å²) in [5, 5.41) is 2.53. The molecule has 0 unspecified atom stereocenters. The van der Waals surface area contributed by atoms with Crippen LogP contribution in [-0.4, -0.2) is 25.2 Å². The minimum Gasteiger partial charge on any atom is -0.431 e. The van der Waals surface area contributed by atoms with Crippen LogP contribution < -0.4 is 5.32 Å². The molecule has 0 saturated heterocycles. The number of amides is 1. The first-order chi connectivity index (χ1) is 4.45. The molecule has 0 aliphatic rings. The highest BCUT2D eigenvalue weighted by Crippen LogP contribution is 1.91. The van der Waals surface area contributed by atoms with Crippen molar-refractivity contribution in [1.82, 2.24) is 5.32 Å². The van der Waals surface area contributed by atoms with Crippen molar-refractivity contribution < 1.29 is 9.59 Å². The minimum absolute atomic E-state index is 0.227. The molecule has 0 aliphatic carbocycles. The summed E-state index contributed by atoms with van der Waals surface area (Å²) in [4.78, 5) is 19.8. The monoisotopic (exact) mass is 159 g/mol. The zero-order valence-electron chi connectivity index (χ0n) is 6.35. The Morgan fingerprint density at radius 1 is 1.80 bits per heavy atom. The first-order valence-corrected chi connectivity index (χ1v) is 6.24. The highest BCUT2D eigenvalue weighted by atomic mass is 28.4. The van der Waals surface area contributed by atoms with Gasteiger partial charge < -0.3 is 10.1 Å². The summed E-state index contributed by atoms with van der Waals surface area (Å²) in [6.45, 7) is 6.80. The van der Waals surface area contributed by atoms with Gasteiger partial charge in [0.05, 0.1) is 0 Å². The highest BCUT2D eigenvalue weighted by molar-refractivity contribution is 6.70. The van der Waals surface area contributed by atoms with Crippen LogP contribution in [0, 0.1) is 0 Å². The van der Waals surface area contributed by atoms with Gasteiger partial charge in [0.15, 0.2) is 0 Å². The van der Waals surface area contributed by atoms with E-state index in [0.29, 0.717) is 6.17 Å². The van der Waals surface area contributed by atoms with Gasteiger partial charge in [-0.15, -0.1) is 0 Å². The molecule has 0 bridgehead atoms. The first kappa shape index (κ1) is 9.39. The summed E-state index contributed by atoms with van der Waals surface area (Å²) < 4.78 is 0. The van der Waals surface area contributed by atoms with E-state index in [-0.39, 0.29) is 5.91 Å². The molecule has 0 aromatic heterocycles. The standard InChI is InChI=1S/C6H13NO2Si/c1-4-6(8)7-5-10(2,3)9/h4,9H,1,5H2,2-3H3,(H,7,8). The van der Waals surface area contributed by atoms with Crippen LogP contribution in [0.15, 0.2) is 12.7 Å². The molecule has 0 radical (unpaired) electrons. The quantitative estimate of drug-likeness (QED) is 0.451. The molecule has 0 aromatic carbocycles. The maximum atomic E-state index is 10.5. The summed E-state index contributed by atoms with van der Waals surface area (Å²) in [6.07, 6.45) is 1.58. The molecule has 4 heteroatoms. The molecule has 0 spiro atoms. The molecule has 0 rings (SSSR count). The Morgan fingerprint density at radius 2 is 2.30 bits per heavy atom. The van der Waals surface area contributed by atoms with Crippen LogP contribution in [-0.2, 0) is 4.79 Å². The molecular formula is C6H13NO2Si. The molecule has 10 heavy (non-hydrogen) atoms. The van der Waals surface area contributed by atoms with E-state index in [1.807, 2.05) is 0 Å². The maximum absolute atomic E-state index is 10.5. The third-order valence-corrected chi connectivity index (χ3v) is 1.92. The van der Waals surface area contributed by atoms with Crippen LogP contribution in [0.1, 0.15) is 0 Å². The minimum atomic E-state index is -2.12. The van der Waals surface area contributed by atoms with Crippen LogP contribution in [0.2, 0.25) is 13.1 Å². The second-order valence-electron chi connectivity index (χ2n) is 2.73. The number of hydrogen-bond acceptors (Lipinski definition) is 2. The van der Waals surface area contributed by atoms with E-state index in [9.17, 15) is 9.59 Å².